The summed E-state index contributed by atoms with van der Waals surface area (Å²) in [6.45, 7) is 11.8. The van der Waals surface area contributed by atoms with Crippen LogP contribution in [0.3, 0.4) is 0 Å². The first-order chi connectivity index (χ1) is 13.1. The Hall–Kier alpha value is -2.30. The van der Waals surface area contributed by atoms with Gasteiger partial charge in [-0.2, -0.15) is 0 Å². The van der Waals surface area contributed by atoms with E-state index in [9.17, 15) is 5.11 Å². The Labute approximate surface area is 162 Å². The summed E-state index contributed by atoms with van der Waals surface area (Å²) in [5, 5.41) is 10.5. The first-order valence-electron chi connectivity index (χ1n) is 9.59. The lowest BCUT2D eigenvalue weighted by Gasteiger charge is -2.35. The molecule has 0 spiro atoms. The summed E-state index contributed by atoms with van der Waals surface area (Å²) in [4.78, 5) is 4.91. The molecule has 0 radical (unpaired) electrons. The number of allylic oxidation sites excluding steroid dienone is 1. The Morgan fingerprint density at radius 2 is 1.67 bits per heavy atom. The first kappa shape index (κ1) is 19.5. The molecule has 0 amide bonds. The van der Waals surface area contributed by atoms with E-state index in [-0.39, 0.29) is 5.75 Å². The quantitative estimate of drug-likeness (QED) is 0.757. The molecule has 1 heterocycles. The Morgan fingerprint density at radius 1 is 1.04 bits per heavy atom. The Morgan fingerprint density at radius 3 is 2.26 bits per heavy atom. The monoisotopic (exact) mass is 366 g/mol. The highest BCUT2D eigenvalue weighted by atomic mass is 16.5. The molecule has 0 bridgehead atoms. The maximum atomic E-state index is 10.5. The van der Waals surface area contributed by atoms with Gasteiger partial charge in [-0.1, -0.05) is 36.4 Å². The number of nitrogens with zero attached hydrogens (tertiary/aromatic N) is 2. The van der Waals surface area contributed by atoms with E-state index in [4.69, 9.17) is 4.74 Å². The summed E-state index contributed by atoms with van der Waals surface area (Å²) >= 11 is 0. The van der Waals surface area contributed by atoms with Gasteiger partial charge in [0, 0.05) is 44.8 Å². The zero-order valence-electron chi connectivity index (χ0n) is 16.4. The number of piperazine rings is 1. The van der Waals surface area contributed by atoms with Crippen LogP contribution < -0.4 is 4.74 Å². The second-order valence-corrected chi connectivity index (χ2v) is 7.28. The molecule has 0 aromatic heterocycles. The fourth-order valence-corrected chi connectivity index (χ4v) is 3.66. The lowest BCUT2D eigenvalue weighted by molar-refractivity contribution is 0.121. The predicted octanol–water partition coefficient (Wildman–Crippen LogP) is 3.76. The van der Waals surface area contributed by atoms with Crippen molar-refractivity contribution in [2.45, 2.75) is 26.4 Å². The average molecular weight is 367 g/mol. The Bertz CT molecular complexity index is 780. The van der Waals surface area contributed by atoms with Crippen LogP contribution in [-0.4, -0.2) is 48.2 Å². The number of aromatic hydroxyl groups is 1. The SMILES string of the molecule is C=CCc1cc(CN2CCN(Cc3ccccc3C)CC2)c(O)c(OC)c1. The van der Waals surface area contributed by atoms with Crippen molar-refractivity contribution in [2.24, 2.45) is 0 Å². The van der Waals surface area contributed by atoms with Gasteiger partial charge in [-0.15, -0.1) is 6.58 Å². The van der Waals surface area contributed by atoms with Crippen molar-refractivity contribution in [1.82, 2.24) is 9.80 Å². The Kier molecular flexibility index (Phi) is 6.54. The molecule has 1 aliphatic rings. The minimum atomic E-state index is 0.257. The summed E-state index contributed by atoms with van der Waals surface area (Å²) in [6, 6.07) is 12.6. The highest BCUT2D eigenvalue weighted by Crippen LogP contribution is 2.33. The van der Waals surface area contributed by atoms with Crippen LogP contribution in [0, 0.1) is 6.92 Å². The van der Waals surface area contributed by atoms with Crippen molar-refractivity contribution in [3.05, 3.63) is 71.3 Å². The molecule has 4 nitrogen and oxygen atoms in total. The van der Waals surface area contributed by atoms with E-state index < -0.39 is 0 Å². The van der Waals surface area contributed by atoms with E-state index in [1.807, 2.05) is 12.1 Å². The Balaban J connectivity index is 1.61. The highest BCUT2D eigenvalue weighted by molar-refractivity contribution is 5.49. The van der Waals surface area contributed by atoms with E-state index in [1.165, 1.54) is 11.1 Å². The zero-order chi connectivity index (χ0) is 19.2. The molecule has 1 fully saturated rings. The molecule has 3 rings (SSSR count). The first-order valence-corrected chi connectivity index (χ1v) is 9.59. The maximum Gasteiger partial charge on any atom is 0.162 e. The molecule has 144 valence electrons. The van der Waals surface area contributed by atoms with Crippen LogP contribution in [0.5, 0.6) is 11.5 Å². The van der Waals surface area contributed by atoms with Gasteiger partial charge < -0.3 is 9.84 Å². The number of methoxy groups -OCH3 is 1. The van der Waals surface area contributed by atoms with Gasteiger partial charge in [0.05, 0.1) is 7.11 Å². The highest BCUT2D eigenvalue weighted by Gasteiger charge is 2.20. The second-order valence-electron chi connectivity index (χ2n) is 7.28. The summed E-state index contributed by atoms with van der Waals surface area (Å²) in [5.74, 6) is 0.801. The van der Waals surface area contributed by atoms with Crippen molar-refractivity contribution in [2.75, 3.05) is 33.3 Å². The third kappa shape index (κ3) is 4.90. The molecule has 4 heteroatoms. The minimum Gasteiger partial charge on any atom is -0.504 e. The van der Waals surface area contributed by atoms with Gasteiger partial charge in [0.25, 0.3) is 0 Å². The number of phenolic OH excluding ortho intramolecular Hbond substituents is 1. The van der Waals surface area contributed by atoms with Crippen LogP contribution in [0.25, 0.3) is 0 Å². The number of ether oxygens (including phenoxy) is 1. The van der Waals surface area contributed by atoms with Gasteiger partial charge in [-0.25, -0.2) is 0 Å². The number of rotatable bonds is 7. The van der Waals surface area contributed by atoms with Gasteiger partial charge in [-0.05, 0) is 36.1 Å². The van der Waals surface area contributed by atoms with Gasteiger partial charge >= 0.3 is 0 Å². The number of benzene rings is 2. The molecular weight excluding hydrogens is 336 g/mol. The van der Waals surface area contributed by atoms with E-state index in [0.717, 1.165) is 56.8 Å². The fraction of sp³-hybridized carbons (Fsp3) is 0.391. The largest absolute Gasteiger partial charge is 0.504 e. The molecule has 0 atom stereocenters. The standard InChI is InChI=1S/C23H30N2O2/c1-4-7-19-14-21(23(26)22(15-19)27-3)17-25-12-10-24(11-13-25)16-20-9-6-5-8-18(20)2/h4-6,8-9,14-15,26H,1,7,10-13,16-17H2,2-3H3. The molecule has 0 unspecified atom stereocenters. The van der Waals surface area contributed by atoms with Crippen LogP contribution in [0.4, 0.5) is 0 Å². The molecule has 0 saturated carbocycles. The minimum absolute atomic E-state index is 0.257. The lowest BCUT2D eigenvalue weighted by Crippen LogP contribution is -2.45. The summed E-state index contributed by atoms with van der Waals surface area (Å²) < 4.78 is 5.35. The molecule has 2 aromatic rings. The van der Waals surface area contributed by atoms with Crippen molar-refractivity contribution in [3.63, 3.8) is 0 Å². The van der Waals surface area contributed by atoms with Crippen molar-refractivity contribution < 1.29 is 9.84 Å². The fourth-order valence-electron chi connectivity index (χ4n) is 3.66. The van der Waals surface area contributed by atoms with Crippen LogP contribution >= 0.6 is 0 Å². The third-order valence-electron chi connectivity index (χ3n) is 5.33. The van der Waals surface area contributed by atoms with Crippen molar-refractivity contribution in [1.29, 1.82) is 0 Å². The van der Waals surface area contributed by atoms with Crippen LogP contribution in [0.1, 0.15) is 22.3 Å². The van der Waals surface area contributed by atoms with Crippen molar-refractivity contribution >= 4 is 0 Å². The topological polar surface area (TPSA) is 35.9 Å². The van der Waals surface area contributed by atoms with E-state index >= 15 is 0 Å². The molecule has 1 N–H and O–H groups in total. The summed E-state index contributed by atoms with van der Waals surface area (Å²) in [6.07, 6.45) is 2.65. The van der Waals surface area contributed by atoms with Gasteiger partial charge in [0.15, 0.2) is 11.5 Å². The molecule has 2 aromatic carbocycles. The second kappa shape index (κ2) is 9.07. The lowest BCUT2D eigenvalue weighted by atomic mass is 10.0. The van der Waals surface area contributed by atoms with E-state index in [2.05, 4.69) is 53.6 Å². The van der Waals surface area contributed by atoms with Crippen LogP contribution in [0.2, 0.25) is 0 Å². The van der Waals surface area contributed by atoms with Crippen molar-refractivity contribution in [3.8, 4) is 11.5 Å². The smallest absolute Gasteiger partial charge is 0.162 e. The summed E-state index contributed by atoms with van der Waals surface area (Å²) in [5.41, 5.74) is 4.81. The number of hydrogen-bond donors (Lipinski definition) is 1. The molecule has 1 saturated heterocycles. The van der Waals surface area contributed by atoms with Gasteiger partial charge in [0.1, 0.15) is 0 Å². The molecule has 0 aliphatic carbocycles. The van der Waals surface area contributed by atoms with E-state index in [1.54, 1.807) is 7.11 Å². The van der Waals surface area contributed by atoms with Crippen LogP contribution in [0.15, 0.2) is 49.1 Å². The third-order valence-corrected chi connectivity index (χ3v) is 5.33. The maximum absolute atomic E-state index is 10.5. The summed E-state index contributed by atoms with van der Waals surface area (Å²) in [7, 11) is 1.60. The van der Waals surface area contributed by atoms with Gasteiger partial charge in [0.2, 0.25) is 0 Å². The normalized spacial score (nSPS) is 15.6. The van der Waals surface area contributed by atoms with E-state index in [0.29, 0.717) is 5.75 Å². The average Bonchev–Trinajstić information content (AvgIpc) is 2.67. The molecular formula is C23H30N2O2. The predicted molar refractivity (Wildman–Crippen MR) is 110 cm³/mol. The molecule has 27 heavy (non-hydrogen) atoms. The molecule has 1 aliphatic heterocycles. The van der Waals surface area contributed by atoms with Gasteiger partial charge in [-0.3, -0.25) is 9.80 Å². The zero-order valence-corrected chi connectivity index (χ0v) is 16.4. The van der Waals surface area contributed by atoms with Crippen LogP contribution in [-0.2, 0) is 19.5 Å². The number of phenols is 1. The number of aryl methyl sites for hydroxylation is 1. The number of hydrogen-bond acceptors (Lipinski definition) is 4.